The highest BCUT2D eigenvalue weighted by atomic mass is 16.5. The fraction of sp³-hybridized carbons (Fsp3) is 0.409. The van der Waals surface area contributed by atoms with E-state index in [1.165, 1.54) is 11.1 Å². The van der Waals surface area contributed by atoms with Crippen molar-refractivity contribution in [1.82, 2.24) is 19.3 Å². The molecule has 1 aliphatic heterocycles. The monoisotopic (exact) mass is 391 g/mol. The molecular weight excluding hydrogens is 366 g/mol. The van der Waals surface area contributed by atoms with Gasteiger partial charge in [0.15, 0.2) is 0 Å². The fourth-order valence-electron chi connectivity index (χ4n) is 3.64. The van der Waals surface area contributed by atoms with Gasteiger partial charge in [-0.05, 0) is 38.3 Å². The zero-order valence-corrected chi connectivity index (χ0v) is 16.7. The highest BCUT2D eigenvalue weighted by Crippen LogP contribution is 2.23. The lowest BCUT2D eigenvalue weighted by molar-refractivity contribution is 0.288. The molecule has 0 aliphatic carbocycles. The molecule has 4 rings (SSSR count). The van der Waals surface area contributed by atoms with Crippen LogP contribution in [0.2, 0.25) is 0 Å². The van der Waals surface area contributed by atoms with E-state index in [1.54, 1.807) is 13.1 Å². The molecule has 0 atom stereocenters. The molecule has 29 heavy (non-hydrogen) atoms. The minimum absolute atomic E-state index is 0.159. The summed E-state index contributed by atoms with van der Waals surface area (Å²) >= 11 is 0. The van der Waals surface area contributed by atoms with Crippen LogP contribution >= 0.6 is 0 Å². The molecule has 150 valence electrons. The van der Waals surface area contributed by atoms with E-state index >= 15 is 0 Å². The first-order valence-corrected chi connectivity index (χ1v) is 10.1. The van der Waals surface area contributed by atoms with Gasteiger partial charge in [0.05, 0.1) is 19.3 Å². The van der Waals surface area contributed by atoms with Crippen molar-refractivity contribution >= 4 is 17.0 Å². The summed E-state index contributed by atoms with van der Waals surface area (Å²) in [6.45, 7) is 4.89. The lowest BCUT2D eigenvalue weighted by Gasteiger charge is -2.27. The third-order valence-electron chi connectivity index (χ3n) is 5.10. The smallest absolute Gasteiger partial charge is 0.293 e. The van der Waals surface area contributed by atoms with Gasteiger partial charge in [0.2, 0.25) is 5.95 Å². The lowest BCUT2D eigenvalue weighted by atomic mass is 10.1. The number of rotatable bonds is 6. The van der Waals surface area contributed by atoms with Gasteiger partial charge < -0.3 is 9.64 Å². The van der Waals surface area contributed by atoms with E-state index in [9.17, 15) is 4.79 Å². The molecular formula is C22H25N5O2. The highest BCUT2D eigenvalue weighted by molar-refractivity contribution is 5.77. The first-order chi connectivity index (χ1) is 14.3. The van der Waals surface area contributed by atoms with Crippen molar-refractivity contribution < 1.29 is 4.74 Å². The van der Waals surface area contributed by atoms with Gasteiger partial charge in [0.1, 0.15) is 23.4 Å². The average Bonchev–Trinajstić information content (AvgIpc) is 3.14. The predicted octanol–water partition coefficient (Wildman–Crippen LogP) is 2.69. The molecule has 0 radical (unpaired) electrons. The average molecular weight is 391 g/mol. The lowest BCUT2D eigenvalue weighted by Crippen LogP contribution is -2.32. The SMILES string of the molecule is CC#CCn1c(N2CCCCC2)nc2cnn(CCOc3ccccc3)c(=O)c21. The molecule has 0 N–H and O–H groups in total. The third kappa shape index (κ3) is 4.11. The third-order valence-corrected chi connectivity index (χ3v) is 5.10. The van der Waals surface area contributed by atoms with Crippen LogP contribution in [0.5, 0.6) is 5.75 Å². The minimum Gasteiger partial charge on any atom is -0.492 e. The largest absolute Gasteiger partial charge is 0.492 e. The number of piperidine rings is 1. The Morgan fingerprint density at radius 1 is 1.14 bits per heavy atom. The number of hydrogen-bond acceptors (Lipinski definition) is 5. The second-order valence-corrected chi connectivity index (χ2v) is 7.04. The van der Waals surface area contributed by atoms with E-state index in [0.29, 0.717) is 30.7 Å². The number of nitrogens with zero attached hydrogens (tertiary/aromatic N) is 5. The standard InChI is InChI=1S/C22H25N5O2/c1-2-3-14-26-20-19(24-22(26)25-12-8-5-9-13-25)17-23-27(21(20)28)15-16-29-18-10-6-4-7-11-18/h4,6-7,10-11,17H,5,8-9,12-16H2,1H3. The van der Waals surface area contributed by atoms with Crippen molar-refractivity contribution in [2.45, 2.75) is 39.3 Å². The Labute approximate surface area is 169 Å². The Morgan fingerprint density at radius 3 is 2.69 bits per heavy atom. The maximum atomic E-state index is 13.2. The van der Waals surface area contributed by atoms with Crippen molar-refractivity contribution in [1.29, 1.82) is 0 Å². The topological polar surface area (TPSA) is 65.2 Å². The summed E-state index contributed by atoms with van der Waals surface area (Å²) in [4.78, 5) is 20.2. The summed E-state index contributed by atoms with van der Waals surface area (Å²) < 4.78 is 9.11. The molecule has 1 saturated heterocycles. The Balaban J connectivity index is 1.64. The first-order valence-electron chi connectivity index (χ1n) is 10.1. The van der Waals surface area contributed by atoms with E-state index in [0.717, 1.165) is 37.6 Å². The van der Waals surface area contributed by atoms with Crippen LogP contribution in [-0.2, 0) is 13.1 Å². The number of hydrogen-bond donors (Lipinski definition) is 0. The molecule has 7 nitrogen and oxygen atoms in total. The van der Waals surface area contributed by atoms with Crippen molar-refractivity contribution in [3.63, 3.8) is 0 Å². The Hall–Kier alpha value is -3.27. The second kappa shape index (κ2) is 8.82. The maximum Gasteiger partial charge on any atom is 0.293 e. The second-order valence-electron chi connectivity index (χ2n) is 7.04. The zero-order chi connectivity index (χ0) is 20.1. The maximum absolute atomic E-state index is 13.2. The van der Waals surface area contributed by atoms with Crippen LogP contribution in [0.1, 0.15) is 26.2 Å². The van der Waals surface area contributed by atoms with Crippen LogP contribution in [0.15, 0.2) is 41.3 Å². The Morgan fingerprint density at radius 2 is 1.93 bits per heavy atom. The molecule has 0 spiro atoms. The van der Waals surface area contributed by atoms with Gasteiger partial charge in [-0.2, -0.15) is 5.10 Å². The summed E-state index contributed by atoms with van der Waals surface area (Å²) in [6, 6.07) is 9.56. The van der Waals surface area contributed by atoms with Crippen LogP contribution in [0.25, 0.3) is 11.0 Å². The molecule has 0 unspecified atom stereocenters. The Bertz CT molecular complexity index is 1090. The molecule has 1 aliphatic rings. The van der Waals surface area contributed by atoms with Crippen molar-refractivity contribution in [2.75, 3.05) is 24.6 Å². The Kier molecular flexibility index (Phi) is 5.80. The normalized spacial score (nSPS) is 13.9. The fourth-order valence-corrected chi connectivity index (χ4v) is 3.64. The number of ether oxygens (including phenoxy) is 1. The number of imidazole rings is 1. The molecule has 7 heteroatoms. The van der Waals surface area contributed by atoms with E-state index in [-0.39, 0.29) is 5.56 Å². The van der Waals surface area contributed by atoms with Crippen molar-refractivity contribution in [3.8, 4) is 17.6 Å². The summed E-state index contributed by atoms with van der Waals surface area (Å²) in [5.74, 6) is 7.61. The minimum atomic E-state index is -0.159. The van der Waals surface area contributed by atoms with Crippen molar-refractivity contribution in [2.24, 2.45) is 0 Å². The molecule has 2 aromatic heterocycles. The van der Waals surface area contributed by atoms with Gasteiger partial charge >= 0.3 is 0 Å². The van der Waals surface area contributed by atoms with Crippen LogP contribution in [-0.4, -0.2) is 39.0 Å². The van der Waals surface area contributed by atoms with Crippen LogP contribution in [0.3, 0.4) is 0 Å². The quantitative estimate of drug-likeness (QED) is 0.605. The molecule has 0 saturated carbocycles. The van der Waals surface area contributed by atoms with E-state index < -0.39 is 0 Å². The first kappa shape index (κ1) is 19.1. The molecule has 3 aromatic rings. The van der Waals surface area contributed by atoms with Crippen molar-refractivity contribution in [3.05, 3.63) is 46.9 Å². The summed E-state index contributed by atoms with van der Waals surface area (Å²) in [6.07, 6.45) is 5.19. The zero-order valence-electron chi connectivity index (χ0n) is 16.7. The molecule has 3 heterocycles. The van der Waals surface area contributed by atoms with E-state index in [2.05, 4.69) is 21.8 Å². The summed E-state index contributed by atoms with van der Waals surface area (Å²) in [5, 5.41) is 4.31. The van der Waals surface area contributed by atoms with Crippen LogP contribution in [0, 0.1) is 11.8 Å². The van der Waals surface area contributed by atoms with Gasteiger partial charge in [0, 0.05) is 13.1 Å². The van der Waals surface area contributed by atoms with Crippen LogP contribution in [0.4, 0.5) is 5.95 Å². The highest BCUT2D eigenvalue weighted by Gasteiger charge is 2.21. The van der Waals surface area contributed by atoms with Crippen LogP contribution < -0.4 is 15.2 Å². The number of benzene rings is 1. The number of anilines is 1. The van der Waals surface area contributed by atoms with Gasteiger partial charge in [0.25, 0.3) is 5.56 Å². The molecule has 1 aromatic carbocycles. The van der Waals surface area contributed by atoms with E-state index in [4.69, 9.17) is 9.72 Å². The number of fused-ring (bicyclic) bond motifs is 1. The molecule has 0 amide bonds. The van der Waals surface area contributed by atoms with Gasteiger partial charge in [-0.15, -0.1) is 5.92 Å². The van der Waals surface area contributed by atoms with Gasteiger partial charge in [-0.1, -0.05) is 24.1 Å². The van der Waals surface area contributed by atoms with E-state index in [1.807, 2.05) is 34.9 Å². The number of para-hydroxylation sites is 1. The molecule has 0 bridgehead atoms. The van der Waals surface area contributed by atoms with Gasteiger partial charge in [-0.3, -0.25) is 9.36 Å². The number of aromatic nitrogens is 4. The summed E-state index contributed by atoms with van der Waals surface area (Å²) in [5.41, 5.74) is 1.02. The predicted molar refractivity (Wildman–Crippen MR) is 113 cm³/mol. The summed E-state index contributed by atoms with van der Waals surface area (Å²) in [7, 11) is 0. The van der Waals surface area contributed by atoms with Gasteiger partial charge in [-0.25, -0.2) is 9.67 Å². The molecule has 1 fully saturated rings.